The summed E-state index contributed by atoms with van der Waals surface area (Å²) in [7, 11) is 5.24. The van der Waals surface area contributed by atoms with E-state index in [-0.39, 0.29) is 6.04 Å². The van der Waals surface area contributed by atoms with Crippen molar-refractivity contribution in [3.63, 3.8) is 0 Å². The molecule has 4 heteroatoms. The zero-order valence-corrected chi connectivity index (χ0v) is 6.41. The number of hydrogen-bond acceptors (Lipinski definition) is 2. The normalized spacial score (nSPS) is 12.6. The highest BCUT2D eigenvalue weighted by Gasteiger charge is 2.04. The first kappa shape index (κ1) is 9.49. The van der Waals surface area contributed by atoms with Crippen molar-refractivity contribution >= 4 is 14.4 Å². The molecule has 0 aromatic carbocycles. The molecule has 0 fully saturated rings. The van der Waals surface area contributed by atoms with Crippen molar-refractivity contribution in [3.8, 4) is 0 Å². The summed E-state index contributed by atoms with van der Waals surface area (Å²) in [5, 5.41) is 0. The summed E-state index contributed by atoms with van der Waals surface area (Å²) in [4.78, 5) is 11.1. The van der Waals surface area contributed by atoms with Crippen LogP contribution < -0.4 is 0 Å². The SMILES string of the molecule is [B]N(C=O)[C@H](C)COCC. The molecule has 0 aliphatic carbocycles. The minimum atomic E-state index is -0.0440. The lowest BCUT2D eigenvalue weighted by atomic mass is 10.2. The number of carbonyl (C=O) groups is 1. The van der Waals surface area contributed by atoms with Gasteiger partial charge in [0.2, 0.25) is 7.98 Å². The Hall–Kier alpha value is -0.505. The standard InChI is InChI=1S/C6H12BNO2/c1-3-10-4-6(2)8(7)5-9/h5-6H,3-4H2,1-2H3/t6-/m1/s1. The molecule has 0 aromatic rings. The first-order valence-electron chi connectivity index (χ1n) is 3.28. The Morgan fingerprint density at radius 1 is 1.80 bits per heavy atom. The highest BCUT2D eigenvalue weighted by atomic mass is 16.5. The second kappa shape index (κ2) is 5.29. The van der Waals surface area contributed by atoms with E-state index in [0.717, 1.165) is 4.81 Å². The van der Waals surface area contributed by atoms with Crippen molar-refractivity contribution in [1.29, 1.82) is 0 Å². The van der Waals surface area contributed by atoms with Crippen LogP contribution in [-0.4, -0.2) is 38.5 Å². The predicted octanol–water partition coefficient (Wildman–Crippen LogP) is -0.0467. The molecule has 56 valence electrons. The zero-order valence-electron chi connectivity index (χ0n) is 6.41. The third-order valence-electron chi connectivity index (χ3n) is 1.19. The Morgan fingerprint density at radius 3 is 2.80 bits per heavy atom. The Labute approximate surface area is 62.8 Å². The van der Waals surface area contributed by atoms with E-state index in [9.17, 15) is 4.79 Å². The lowest BCUT2D eigenvalue weighted by Gasteiger charge is -2.19. The van der Waals surface area contributed by atoms with Crippen molar-refractivity contribution in [2.75, 3.05) is 13.2 Å². The fourth-order valence-corrected chi connectivity index (χ4v) is 0.478. The van der Waals surface area contributed by atoms with Gasteiger partial charge in [-0.25, -0.2) is 0 Å². The molecule has 0 N–H and O–H groups in total. The van der Waals surface area contributed by atoms with Crippen LogP contribution in [0.1, 0.15) is 13.8 Å². The summed E-state index contributed by atoms with van der Waals surface area (Å²) in [6.45, 7) is 4.86. The predicted molar refractivity (Wildman–Crippen MR) is 39.6 cm³/mol. The molecule has 0 bridgehead atoms. The van der Waals surface area contributed by atoms with Crippen LogP contribution in [0.15, 0.2) is 0 Å². The number of hydrogen-bond donors (Lipinski definition) is 0. The molecule has 0 saturated carbocycles. The van der Waals surface area contributed by atoms with Crippen molar-refractivity contribution in [2.45, 2.75) is 19.9 Å². The van der Waals surface area contributed by atoms with Crippen molar-refractivity contribution in [2.24, 2.45) is 0 Å². The zero-order chi connectivity index (χ0) is 7.98. The fourth-order valence-electron chi connectivity index (χ4n) is 0.478. The van der Waals surface area contributed by atoms with Gasteiger partial charge in [-0.05, 0) is 13.8 Å². The molecule has 0 aliphatic heterocycles. The monoisotopic (exact) mass is 141 g/mol. The summed E-state index contributed by atoms with van der Waals surface area (Å²) >= 11 is 0. The van der Waals surface area contributed by atoms with Crippen LogP contribution in [-0.2, 0) is 9.53 Å². The molecular formula is C6H12BNO2. The van der Waals surface area contributed by atoms with Gasteiger partial charge in [0.15, 0.2) is 6.41 Å². The van der Waals surface area contributed by atoms with E-state index in [4.69, 9.17) is 12.7 Å². The van der Waals surface area contributed by atoms with Crippen molar-refractivity contribution in [1.82, 2.24) is 4.81 Å². The minimum absolute atomic E-state index is 0.0440. The van der Waals surface area contributed by atoms with E-state index in [1.807, 2.05) is 13.8 Å². The molecule has 0 saturated heterocycles. The first-order chi connectivity index (χ1) is 4.72. The number of rotatable bonds is 5. The molecule has 0 rings (SSSR count). The van der Waals surface area contributed by atoms with Gasteiger partial charge in [-0.1, -0.05) is 0 Å². The lowest BCUT2D eigenvalue weighted by Crippen LogP contribution is -2.32. The van der Waals surface area contributed by atoms with Crippen LogP contribution in [0.3, 0.4) is 0 Å². The highest BCUT2D eigenvalue weighted by Crippen LogP contribution is 1.90. The first-order valence-corrected chi connectivity index (χ1v) is 3.28. The topological polar surface area (TPSA) is 29.5 Å². The van der Waals surface area contributed by atoms with Gasteiger partial charge < -0.3 is 9.55 Å². The summed E-state index contributed by atoms with van der Waals surface area (Å²) in [5.74, 6) is 0. The Kier molecular flexibility index (Phi) is 5.03. The molecule has 3 nitrogen and oxygen atoms in total. The Balaban J connectivity index is 3.40. The minimum Gasteiger partial charge on any atom is -0.395 e. The van der Waals surface area contributed by atoms with Crippen LogP contribution in [0.5, 0.6) is 0 Å². The third kappa shape index (κ3) is 3.51. The van der Waals surface area contributed by atoms with Crippen LogP contribution in [0.2, 0.25) is 0 Å². The van der Waals surface area contributed by atoms with Gasteiger partial charge in [0.1, 0.15) is 0 Å². The number of amides is 1. The average molecular weight is 141 g/mol. The van der Waals surface area contributed by atoms with Gasteiger partial charge in [-0.15, -0.1) is 0 Å². The molecule has 0 spiro atoms. The summed E-state index contributed by atoms with van der Waals surface area (Å²) in [6.07, 6.45) is 0.587. The van der Waals surface area contributed by atoms with Gasteiger partial charge in [0.05, 0.1) is 6.61 Å². The third-order valence-corrected chi connectivity index (χ3v) is 1.19. The smallest absolute Gasteiger partial charge is 0.230 e. The Morgan fingerprint density at radius 2 is 2.40 bits per heavy atom. The maximum atomic E-state index is 10.1. The van der Waals surface area contributed by atoms with Crippen LogP contribution in [0.25, 0.3) is 0 Å². The van der Waals surface area contributed by atoms with E-state index >= 15 is 0 Å². The molecule has 10 heavy (non-hydrogen) atoms. The molecule has 1 amide bonds. The van der Waals surface area contributed by atoms with Crippen LogP contribution >= 0.6 is 0 Å². The summed E-state index contributed by atoms with van der Waals surface area (Å²) < 4.78 is 5.04. The second-order valence-electron chi connectivity index (χ2n) is 2.06. The van der Waals surface area contributed by atoms with Gasteiger partial charge in [0, 0.05) is 12.6 Å². The number of carbonyl (C=O) groups excluding carboxylic acids is 1. The van der Waals surface area contributed by atoms with Gasteiger partial charge >= 0.3 is 0 Å². The van der Waals surface area contributed by atoms with E-state index in [1.54, 1.807) is 0 Å². The van der Waals surface area contributed by atoms with Gasteiger partial charge in [-0.2, -0.15) is 0 Å². The van der Waals surface area contributed by atoms with E-state index < -0.39 is 0 Å². The molecule has 0 aromatic heterocycles. The van der Waals surface area contributed by atoms with Crippen LogP contribution in [0.4, 0.5) is 0 Å². The maximum absolute atomic E-state index is 10.1. The van der Waals surface area contributed by atoms with Gasteiger partial charge in [-0.3, -0.25) is 4.79 Å². The summed E-state index contributed by atoms with van der Waals surface area (Å²) in [5.41, 5.74) is 0. The molecule has 1 atom stereocenters. The van der Waals surface area contributed by atoms with E-state index in [1.165, 1.54) is 0 Å². The Bertz CT molecular complexity index is 99.7. The number of ether oxygens (including phenoxy) is 1. The number of nitrogens with zero attached hydrogens (tertiary/aromatic N) is 1. The molecular weight excluding hydrogens is 129 g/mol. The fraction of sp³-hybridized carbons (Fsp3) is 0.833. The highest BCUT2D eigenvalue weighted by molar-refractivity contribution is 6.10. The lowest BCUT2D eigenvalue weighted by molar-refractivity contribution is -0.116. The quantitative estimate of drug-likeness (QED) is 0.397. The van der Waals surface area contributed by atoms with Gasteiger partial charge in [0.25, 0.3) is 0 Å². The van der Waals surface area contributed by atoms with Crippen molar-refractivity contribution in [3.05, 3.63) is 0 Å². The van der Waals surface area contributed by atoms with E-state index in [0.29, 0.717) is 19.6 Å². The molecule has 0 heterocycles. The van der Waals surface area contributed by atoms with Crippen LogP contribution in [0, 0.1) is 0 Å². The average Bonchev–Trinajstić information content (AvgIpc) is 1.98. The molecule has 0 aliphatic rings. The largest absolute Gasteiger partial charge is 0.395 e. The summed E-state index contributed by atoms with van der Waals surface area (Å²) in [6, 6.07) is -0.0440. The van der Waals surface area contributed by atoms with Crippen molar-refractivity contribution < 1.29 is 9.53 Å². The maximum Gasteiger partial charge on any atom is 0.230 e. The van der Waals surface area contributed by atoms with E-state index in [2.05, 4.69) is 0 Å². The molecule has 2 radical (unpaired) electrons. The second-order valence-corrected chi connectivity index (χ2v) is 2.06. The molecule has 0 unspecified atom stereocenters.